The Morgan fingerprint density at radius 2 is 1.47 bits per heavy atom. The number of esters is 4. The van der Waals surface area contributed by atoms with Crippen molar-refractivity contribution in [3.8, 4) is 17.2 Å². The summed E-state index contributed by atoms with van der Waals surface area (Å²) in [5.74, 6) is -3.62. The maximum atomic E-state index is 12.7. The van der Waals surface area contributed by atoms with E-state index in [1.54, 1.807) is 0 Å². The molecule has 14 heteroatoms. The van der Waals surface area contributed by atoms with Gasteiger partial charge in [-0.3, -0.25) is 19.2 Å². The van der Waals surface area contributed by atoms with Crippen LogP contribution in [0.25, 0.3) is 11.0 Å². The molecule has 0 bridgehead atoms. The molecule has 1 aromatic carbocycles. The van der Waals surface area contributed by atoms with Gasteiger partial charge < -0.3 is 42.7 Å². The van der Waals surface area contributed by atoms with Crippen molar-refractivity contribution in [1.29, 1.82) is 0 Å². The SMILES string of the molecule is CC(=O)OC[C@H]1O[C@H](Oc2ccc3c(O)c(OC4CCCCC4)c(=O)oc3c2)[C@@H](OC(C)=O)[C@@H](OC(C)=O)[C@@H]1OC(C)=O. The van der Waals surface area contributed by atoms with E-state index in [1.165, 1.54) is 18.2 Å². The summed E-state index contributed by atoms with van der Waals surface area (Å²) in [6, 6.07) is 4.16. The van der Waals surface area contributed by atoms with Crippen molar-refractivity contribution >= 4 is 34.8 Å². The lowest BCUT2D eigenvalue weighted by Gasteiger charge is -2.43. The number of fused-ring (bicyclic) bond motifs is 1. The molecule has 2 aromatic rings. The predicted molar refractivity (Wildman–Crippen MR) is 144 cm³/mol. The maximum Gasteiger partial charge on any atom is 0.383 e. The molecule has 43 heavy (non-hydrogen) atoms. The second-order valence-corrected chi connectivity index (χ2v) is 10.3. The summed E-state index contributed by atoms with van der Waals surface area (Å²) >= 11 is 0. The summed E-state index contributed by atoms with van der Waals surface area (Å²) in [4.78, 5) is 60.3. The second kappa shape index (κ2) is 13.8. The summed E-state index contributed by atoms with van der Waals surface area (Å²) in [7, 11) is 0. The smallest absolute Gasteiger partial charge is 0.383 e. The largest absolute Gasteiger partial charge is 0.504 e. The molecule has 4 rings (SSSR count). The van der Waals surface area contributed by atoms with Crippen LogP contribution in [0.3, 0.4) is 0 Å². The van der Waals surface area contributed by atoms with E-state index in [-0.39, 0.29) is 34.3 Å². The minimum absolute atomic E-state index is 0.0388. The third-order valence-corrected chi connectivity index (χ3v) is 6.85. The van der Waals surface area contributed by atoms with Gasteiger partial charge in [0.15, 0.2) is 18.0 Å². The van der Waals surface area contributed by atoms with Gasteiger partial charge in [-0.05, 0) is 37.8 Å². The lowest BCUT2D eigenvalue weighted by molar-refractivity contribution is -0.288. The highest BCUT2D eigenvalue weighted by Gasteiger charge is 2.53. The van der Waals surface area contributed by atoms with Gasteiger partial charge in [-0.15, -0.1) is 0 Å². The lowest BCUT2D eigenvalue weighted by atomic mass is 9.98. The molecule has 1 saturated heterocycles. The van der Waals surface area contributed by atoms with Gasteiger partial charge in [-0.1, -0.05) is 6.42 Å². The van der Waals surface area contributed by atoms with E-state index in [4.69, 9.17) is 37.6 Å². The van der Waals surface area contributed by atoms with E-state index in [2.05, 4.69) is 0 Å². The maximum absolute atomic E-state index is 12.7. The van der Waals surface area contributed by atoms with Crippen LogP contribution in [0.4, 0.5) is 0 Å². The van der Waals surface area contributed by atoms with Crippen LogP contribution in [0.15, 0.2) is 27.4 Å². The average molecular weight is 607 g/mol. The van der Waals surface area contributed by atoms with Crippen molar-refractivity contribution in [3.05, 3.63) is 28.6 Å². The van der Waals surface area contributed by atoms with Crippen LogP contribution in [-0.2, 0) is 42.9 Å². The Morgan fingerprint density at radius 1 is 0.837 bits per heavy atom. The number of carbonyl (C=O) groups excluding carboxylic acids is 4. The number of aromatic hydroxyl groups is 1. The standard InChI is InChI=1S/C29H34O14/c1-14(30)36-13-22-24(37-15(2)31)26(38-16(3)32)27(39-17(4)33)29(43-22)41-19-10-11-20-21(12-19)42-28(35)25(23(20)34)40-18-8-6-5-7-9-18/h10-12,18,22,24,26-27,29,34H,5-9,13H2,1-4H3/t22-,24-,26+,27+,29+/m1/s1. The zero-order chi connectivity index (χ0) is 31.3. The number of carbonyl (C=O) groups is 4. The monoisotopic (exact) mass is 606 g/mol. The fraction of sp³-hybridized carbons (Fsp3) is 0.552. The molecular formula is C29H34O14. The topological polar surface area (TPSA) is 183 Å². The first-order valence-electron chi connectivity index (χ1n) is 13.9. The van der Waals surface area contributed by atoms with Crippen LogP contribution < -0.4 is 15.1 Å². The van der Waals surface area contributed by atoms with E-state index in [1.807, 2.05) is 0 Å². The quantitative estimate of drug-likeness (QED) is 0.250. The molecule has 0 spiro atoms. The van der Waals surface area contributed by atoms with E-state index >= 15 is 0 Å². The van der Waals surface area contributed by atoms with Gasteiger partial charge in [0.2, 0.25) is 18.1 Å². The number of hydrogen-bond donors (Lipinski definition) is 1. The molecule has 0 unspecified atom stereocenters. The van der Waals surface area contributed by atoms with Gasteiger partial charge in [0.05, 0.1) is 11.5 Å². The predicted octanol–water partition coefficient (Wildman–Crippen LogP) is 2.67. The van der Waals surface area contributed by atoms with E-state index < -0.39 is 66.8 Å². The molecule has 2 heterocycles. The first-order chi connectivity index (χ1) is 20.4. The van der Waals surface area contributed by atoms with Crippen molar-refractivity contribution in [2.45, 2.75) is 96.6 Å². The third kappa shape index (κ3) is 7.95. The van der Waals surface area contributed by atoms with Gasteiger partial charge in [-0.2, -0.15) is 0 Å². The normalized spacial score (nSPS) is 24.0. The highest BCUT2D eigenvalue weighted by atomic mass is 16.7. The van der Waals surface area contributed by atoms with Crippen molar-refractivity contribution in [2.75, 3.05) is 6.61 Å². The lowest BCUT2D eigenvalue weighted by Crippen LogP contribution is -2.63. The van der Waals surface area contributed by atoms with Gasteiger partial charge in [0, 0.05) is 33.8 Å². The minimum Gasteiger partial charge on any atom is -0.504 e. The Morgan fingerprint density at radius 3 is 2.09 bits per heavy atom. The Kier molecular flexibility index (Phi) is 10.1. The third-order valence-electron chi connectivity index (χ3n) is 6.85. The highest BCUT2D eigenvalue weighted by molar-refractivity contribution is 5.86. The summed E-state index contributed by atoms with van der Waals surface area (Å²) in [6.45, 7) is 4.05. The summed E-state index contributed by atoms with van der Waals surface area (Å²) < 4.78 is 44.3. The zero-order valence-electron chi connectivity index (χ0n) is 24.2. The van der Waals surface area contributed by atoms with E-state index in [9.17, 15) is 29.1 Å². The molecule has 1 N–H and O–H groups in total. The van der Waals surface area contributed by atoms with Crippen LogP contribution in [0.1, 0.15) is 59.8 Å². The molecule has 5 atom stereocenters. The molecule has 1 aliphatic heterocycles. The molecule has 234 valence electrons. The Bertz CT molecular complexity index is 1410. The van der Waals surface area contributed by atoms with E-state index in [0.29, 0.717) is 0 Å². The van der Waals surface area contributed by atoms with Crippen LogP contribution >= 0.6 is 0 Å². The van der Waals surface area contributed by atoms with Gasteiger partial charge >= 0.3 is 29.5 Å². The zero-order valence-corrected chi connectivity index (χ0v) is 24.2. The van der Waals surface area contributed by atoms with Crippen molar-refractivity contribution in [3.63, 3.8) is 0 Å². The molecule has 2 aliphatic rings. The Labute approximate surface area is 246 Å². The van der Waals surface area contributed by atoms with Crippen LogP contribution in [-0.4, -0.2) is 72.4 Å². The minimum atomic E-state index is -1.49. The van der Waals surface area contributed by atoms with Crippen molar-refractivity contribution < 1.29 is 61.9 Å². The molecular weight excluding hydrogens is 572 g/mol. The fourth-order valence-corrected chi connectivity index (χ4v) is 5.09. The molecule has 1 saturated carbocycles. The van der Waals surface area contributed by atoms with Crippen molar-refractivity contribution in [1.82, 2.24) is 0 Å². The second-order valence-electron chi connectivity index (χ2n) is 10.3. The molecule has 1 aliphatic carbocycles. The molecule has 0 amide bonds. The number of ether oxygens (including phenoxy) is 7. The summed E-state index contributed by atoms with van der Waals surface area (Å²) in [5.41, 5.74) is -0.915. The van der Waals surface area contributed by atoms with Gasteiger partial charge in [-0.25, -0.2) is 4.79 Å². The van der Waals surface area contributed by atoms with Gasteiger partial charge in [0.1, 0.15) is 24.0 Å². The van der Waals surface area contributed by atoms with E-state index in [0.717, 1.165) is 59.8 Å². The number of rotatable bonds is 9. The van der Waals surface area contributed by atoms with Crippen LogP contribution in [0.5, 0.6) is 17.2 Å². The van der Waals surface area contributed by atoms with Crippen molar-refractivity contribution in [2.24, 2.45) is 0 Å². The Hall–Kier alpha value is -4.33. The molecule has 1 aromatic heterocycles. The summed E-state index contributed by atoms with van der Waals surface area (Å²) in [6.07, 6.45) is -2.60. The highest BCUT2D eigenvalue weighted by Crippen LogP contribution is 2.36. The Balaban J connectivity index is 1.67. The van der Waals surface area contributed by atoms with Crippen LogP contribution in [0, 0.1) is 0 Å². The first-order valence-corrected chi connectivity index (χ1v) is 13.9. The van der Waals surface area contributed by atoms with Gasteiger partial charge in [0.25, 0.3) is 0 Å². The summed E-state index contributed by atoms with van der Waals surface area (Å²) in [5, 5.41) is 11.0. The number of benzene rings is 1. The number of hydrogen-bond acceptors (Lipinski definition) is 14. The first kappa shape index (κ1) is 31.6. The molecule has 14 nitrogen and oxygen atoms in total. The average Bonchev–Trinajstić information content (AvgIpc) is 2.93. The molecule has 2 fully saturated rings. The van der Waals surface area contributed by atoms with Crippen LogP contribution in [0.2, 0.25) is 0 Å². The fourth-order valence-electron chi connectivity index (χ4n) is 5.09. The molecule has 0 radical (unpaired) electrons.